The summed E-state index contributed by atoms with van der Waals surface area (Å²) in [6.45, 7) is 0.0773. The first-order valence-electron chi connectivity index (χ1n) is 6.06. The number of hydrogen-bond donors (Lipinski definition) is 2. The van der Waals surface area contributed by atoms with Crippen LogP contribution in [0.2, 0.25) is 5.02 Å². The van der Waals surface area contributed by atoms with Gasteiger partial charge in [-0.3, -0.25) is 14.5 Å². The van der Waals surface area contributed by atoms with Crippen LogP contribution >= 0.6 is 11.6 Å². The third-order valence-corrected chi connectivity index (χ3v) is 3.41. The van der Waals surface area contributed by atoms with Crippen molar-refractivity contribution in [1.82, 2.24) is 10.2 Å². The van der Waals surface area contributed by atoms with Crippen LogP contribution in [0.4, 0.5) is 4.79 Å². The van der Waals surface area contributed by atoms with Gasteiger partial charge in [-0.25, -0.2) is 4.79 Å². The monoisotopic (exact) mass is 296 g/mol. The first kappa shape index (κ1) is 14.3. The summed E-state index contributed by atoms with van der Waals surface area (Å²) in [7, 11) is 0. The normalized spacial score (nSPS) is 18.2. The molecule has 0 saturated carbocycles. The van der Waals surface area contributed by atoms with Crippen LogP contribution in [0.5, 0.6) is 0 Å². The number of hydrogen-bond acceptors (Lipinski definition) is 3. The van der Waals surface area contributed by atoms with E-state index in [-0.39, 0.29) is 19.4 Å². The molecule has 0 spiro atoms. The second-order valence-electron chi connectivity index (χ2n) is 4.45. The maximum Gasteiger partial charge on any atom is 0.325 e. The molecule has 106 valence electrons. The van der Waals surface area contributed by atoms with Gasteiger partial charge in [0.25, 0.3) is 5.91 Å². The fourth-order valence-corrected chi connectivity index (χ4v) is 2.18. The van der Waals surface area contributed by atoms with E-state index in [1.807, 2.05) is 0 Å². The average Bonchev–Trinajstić information content (AvgIpc) is 2.66. The number of carboxylic acid groups (broad SMARTS) is 1. The van der Waals surface area contributed by atoms with Crippen molar-refractivity contribution >= 4 is 29.5 Å². The molecule has 1 fully saturated rings. The molecular weight excluding hydrogens is 284 g/mol. The number of carbonyl (C=O) groups excluding carboxylic acids is 2. The number of rotatable bonds is 5. The molecule has 1 heterocycles. The van der Waals surface area contributed by atoms with Gasteiger partial charge in [-0.05, 0) is 18.1 Å². The smallest absolute Gasteiger partial charge is 0.325 e. The fraction of sp³-hybridized carbons (Fsp3) is 0.308. The van der Waals surface area contributed by atoms with E-state index in [0.717, 1.165) is 4.90 Å². The molecule has 0 radical (unpaired) electrons. The summed E-state index contributed by atoms with van der Waals surface area (Å²) >= 11 is 5.99. The van der Waals surface area contributed by atoms with Crippen molar-refractivity contribution in [2.75, 3.05) is 0 Å². The van der Waals surface area contributed by atoms with Crippen molar-refractivity contribution in [2.24, 2.45) is 0 Å². The van der Waals surface area contributed by atoms with Crippen LogP contribution < -0.4 is 5.32 Å². The van der Waals surface area contributed by atoms with Crippen LogP contribution in [0.3, 0.4) is 0 Å². The molecule has 20 heavy (non-hydrogen) atoms. The molecule has 0 unspecified atom stereocenters. The van der Waals surface area contributed by atoms with Crippen molar-refractivity contribution in [1.29, 1.82) is 0 Å². The highest BCUT2D eigenvalue weighted by Crippen LogP contribution is 2.20. The zero-order valence-corrected chi connectivity index (χ0v) is 11.3. The Balaban J connectivity index is 2.06. The minimum Gasteiger partial charge on any atom is -0.481 e. The van der Waals surface area contributed by atoms with Gasteiger partial charge < -0.3 is 10.4 Å². The Kier molecular flexibility index (Phi) is 4.24. The van der Waals surface area contributed by atoms with Crippen LogP contribution in [0.25, 0.3) is 0 Å². The molecule has 6 nitrogen and oxygen atoms in total. The molecule has 0 bridgehead atoms. The third-order valence-electron chi connectivity index (χ3n) is 3.04. The second-order valence-corrected chi connectivity index (χ2v) is 4.86. The lowest BCUT2D eigenvalue weighted by atomic mass is 10.1. The molecular formula is C13H13ClN2O4. The highest BCUT2D eigenvalue weighted by atomic mass is 35.5. The Hall–Kier alpha value is -2.08. The maximum absolute atomic E-state index is 12.1. The van der Waals surface area contributed by atoms with Crippen LogP contribution in [0, 0.1) is 0 Å². The number of urea groups is 1. The SMILES string of the molecule is O=C(O)CC[C@H]1NC(=O)N(Cc2ccccc2Cl)C1=O. The Labute approximate surface area is 120 Å². The first-order valence-corrected chi connectivity index (χ1v) is 6.44. The molecule has 1 atom stereocenters. The Morgan fingerprint density at radius 3 is 2.70 bits per heavy atom. The van der Waals surface area contributed by atoms with Gasteiger partial charge in [-0.1, -0.05) is 29.8 Å². The molecule has 1 saturated heterocycles. The molecule has 0 aliphatic carbocycles. The molecule has 1 aliphatic rings. The van der Waals surface area contributed by atoms with Gasteiger partial charge in [0.15, 0.2) is 0 Å². The van der Waals surface area contributed by atoms with Gasteiger partial charge in [-0.2, -0.15) is 0 Å². The van der Waals surface area contributed by atoms with Crippen molar-refractivity contribution in [3.05, 3.63) is 34.9 Å². The van der Waals surface area contributed by atoms with E-state index in [0.29, 0.717) is 10.6 Å². The van der Waals surface area contributed by atoms with Crippen LogP contribution in [0.15, 0.2) is 24.3 Å². The predicted molar refractivity (Wildman–Crippen MR) is 71.2 cm³/mol. The Morgan fingerprint density at radius 1 is 1.35 bits per heavy atom. The van der Waals surface area contributed by atoms with Crippen molar-refractivity contribution < 1.29 is 19.5 Å². The van der Waals surface area contributed by atoms with Gasteiger partial charge >= 0.3 is 12.0 Å². The minimum atomic E-state index is -1.00. The summed E-state index contributed by atoms with van der Waals surface area (Å²) < 4.78 is 0. The molecule has 2 N–H and O–H groups in total. The number of nitrogens with zero attached hydrogens (tertiary/aromatic N) is 1. The Morgan fingerprint density at radius 2 is 2.05 bits per heavy atom. The number of imide groups is 1. The zero-order valence-electron chi connectivity index (χ0n) is 10.5. The van der Waals surface area contributed by atoms with E-state index in [2.05, 4.69) is 5.32 Å². The quantitative estimate of drug-likeness (QED) is 0.809. The number of aliphatic carboxylic acids is 1. The van der Waals surface area contributed by atoms with E-state index >= 15 is 0 Å². The topological polar surface area (TPSA) is 86.7 Å². The maximum atomic E-state index is 12.1. The number of amides is 3. The van der Waals surface area contributed by atoms with Crippen molar-refractivity contribution in [3.8, 4) is 0 Å². The lowest BCUT2D eigenvalue weighted by Gasteiger charge is -2.13. The molecule has 1 aliphatic heterocycles. The van der Waals surface area contributed by atoms with Gasteiger partial charge in [0.1, 0.15) is 6.04 Å². The first-order chi connectivity index (χ1) is 9.49. The number of carbonyl (C=O) groups is 3. The second kappa shape index (κ2) is 5.92. The third kappa shape index (κ3) is 3.08. The highest BCUT2D eigenvalue weighted by Gasteiger charge is 2.37. The van der Waals surface area contributed by atoms with Gasteiger partial charge in [0.05, 0.1) is 6.54 Å². The molecule has 2 rings (SSSR count). The van der Waals surface area contributed by atoms with Gasteiger partial charge in [-0.15, -0.1) is 0 Å². The highest BCUT2D eigenvalue weighted by molar-refractivity contribution is 6.31. The number of nitrogens with one attached hydrogen (secondary N) is 1. The van der Waals surface area contributed by atoms with Crippen LogP contribution in [0.1, 0.15) is 18.4 Å². The van der Waals surface area contributed by atoms with Crippen molar-refractivity contribution in [2.45, 2.75) is 25.4 Å². The number of carboxylic acids is 1. The lowest BCUT2D eigenvalue weighted by Crippen LogP contribution is -2.31. The van der Waals surface area contributed by atoms with Gasteiger partial charge in [0, 0.05) is 11.4 Å². The van der Waals surface area contributed by atoms with Gasteiger partial charge in [0.2, 0.25) is 0 Å². The van der Waals surface area contributed by atoms with E-state index in [4.69, 9.17) is 16.7 Å². The van der Waals surface area contributed by atoms with Crippen molar-refractivity contribution in [3.63, 3.8) is 0 Å². The number of halogens is 1. The van der Waals surface area contributed by atoms with Crippen LogP contribution in [-0.4, -0.2) is 34.0 Å². The summed E-state index contributed by atoms with van der Waals surface area (Å²) in [5, 5.41) is 11.6. The summed E-state index contributed by atoms with van der Waals surface area (Å²) in [5.74, 6) is -1.42. The van der Waals surface area contributed by atoms with E-state index in [1.54, 1.807) is 24.3 Å². The summed E-state index contributed by atoms with van der Waals surface area (Å²) in [4.78, 5) is 35.4. The van der Waals surface area contributed by atoms with E-state index in [1.165, 1.54) is 0 Å². The summed E-state index contributed by atoms with van der Waals surface area (Å²) in [5.41, 5.74) is 0.663. The average molecular weight is 297 g/mol. The predicted octanol–water partition coefficient (Wildman–Crippen LogP) is 1.63. The summed E-state index contributed by atoms with van der Waals surface area (Å²) in [6, 6.07) is 5.63. The zero-order chi connectivity index (χ0) is 14.7. The summed E-state index contributed by atoms with van der Waals surface area (Å²) in [6.07, 6.45) is -0.0877. The lowest BCUT2D eigenvalue weighted by molar-refractivity contribution is -0.137. The molecule has 3 amide bonds. The molecule has 0 aromatic heterocycles. The Bertz CT molecular complexity index is 561. The molecule has 1 aromatic carbocycles. The van der Waals surface area contributed by atoms with E-state index < -0.39 is 23.9 Å². The van der Waals surface area contributed by atoms with Crippen LogP contribution in [-0.2, 0) is 16.1 Å². The van der Waals surface area contributed by atoms with E-state index in [9.17, 15) is 14.4 Å². The standard InChI is InChI=1S/C13H13ClN2O4/c14-9-4-2-1-3-8(9)7-16-12(19)10(15-13(16)20)5-6-11(17)18/h1-4,10H,5-7H2,(H,15,20)(H,17,18)/t10-/m1/s1. The largest absolute Gasteiger partial charge is 0.481 e. The molecule has 7 heteroatoms. The number of benzene rings is 1. The minimum absolute atomic E-state index is 0.0773. The fourth-order valence-electron chi connectivity index (χ4n) is 1.99. The molecule has 1 aromatic rings.